The zero-order chi connectivity index (χ0) is 16.0. The third-order valence-corrected chi connectivity index (χ3v) is 4.51. The molecule has 0 amide bonds. The molecule has 0 spiro atoms. The van der Waals surface area contributed by atoms with Crippen molar-refractivity contribution in [1.82, 2.24) is 0 Å². The molecule has 0 aromatic heterocycles. The van der Waals surface area contributed by atoms with Crippen LogP contribution in [-0.4, -0.2) is 10.2 Å². The first-order valence-corrected chi connectivity index (χ1v) is 7.51. The summed E-state index contributed by atoms with van der Waals surface area (Å²) in [6, 6.07) is 16.3. The summed E-state index contributed by atoms with van der Waals surface area (Å²) >= 11 is 0. The fraction of sp³-hybridized carbons (Fsp3) is 0.100. The number of aliphatic hydroxyl groups excluding tert-OH is 2. The van der Waals surface area contributed by atoms with Gasteiger partial charge in [0, 0.05) is 5.39 Å². The Morgan fingerprint density at radius 1 is 0.652 bits per heavy atom. The molecule has 0 saturated carbocycles. The Morgan fingerprint density at radius 2 is 1.17 bits per heavy atom. The molecule has 4 aromatic carbocycles. The minimum Gasteiger partial charge on any atom is -0.392 e. The molecule has 2 nitrogen and oxygen atoms in total. The van der Waals surface area contributed by atoms with E-state index >= 15 is 0 Å². The highest BCUT2D eigenvalue weighted by molar-refractivity contribution is 6.16. The smallest absolute Gasteiger partial charge is 0.131 e. The highest BCUT2D eigenvalue weighted by Gasteiger charge is 2.16. The fourth-order valence-corrected chi connectivity index (χ4v) is 3.52. The maximum atomic E-state index is 14.5. The van der Waals surface area contributed by atoms with Crippen molar-refractivity contribution in [3.05, 3.63) is 71.5 Å². The van der Waals surface area contributed by atoms with Crippen molar-refractivity contribution >= 4 is 32.3 Å². The average molecular weight is 306 g/mol. The van der Waals surface area contributed by atoms with Gasteiger partial charge in [0.15, 0.2) is 0 Å². The number of aliphatic hydroxyl groups is 2. The van der Waals surface area contributed by atoms with Crippen molar-refractivity contribution in [2.45, 2.75) is 13.2 Å². The van der Waals surface area contributed by atoms with Crippen LogP contribution in [0.4, 0.5) is 4.39 Å². The van der Waals surface area contributed by atoms with Crippen LogP contribution >= 0.6 is 0 Å². The van der Waals surface area contributed by atoms with Crippen molar-refractivity contribution in [1.29, 1.82) is 0 Å². The molecule has 114 valence electrons. The zero-order valence-electron chi connectivity index (χ0n) is 12.4. The van der Waals surface area contributed by atoms with Crippen LogP contribution in [-0.2, 0) is 13.2 Å². The molecule has 0 unspecified atom stereocenters. The Bertz CT molecular complexity index is 1050. The predicted molar refractivity (Wildman–Crippen MR) is 90.8 cm³/mol. The van der Waals surface area contributed by atoms with E-state index in [0.717, 1.165) is 27.1 Å². The van der Waals surface area contributed by atoms with Gasteiger partial charge in [-0.1, -0.05) is 48.5 Å². The van der Waals surface area contributed by atoms with Gasteiger partial charge in [0.05, 0.1) is 13.2 Å². The molecule has 4 rings (SSSR count). The van der Waals surface area contributed by atoms with E-state index in [-0.39, 0.29) is 19.0 Å². The van der Waals surface area contributed by atoms with E-state index in [1.807, 2.05) is 36.4 Å². The number of rotatable bonds is 2. The van der Waals surface area contributed by atoms with Gasteiger partial charge in [-0.3, -0.25) is 0 Å². The molecule has 0 heterocycles. The van der Waals surface area contributed by atoms with Gasteiger partial charge in [-0.2, -0.15) is 0 Å². The van der Waals surface area contributed by atoms with Gasteiger partial charge in [-0.05, 0) is 44.1 Å². The summed E-state index contributed by atoms with van der Waals surface area (Å²) in [7, 11) is 0. The second-order valence-corrected chi connectivity index (χ2v) is 5.65. The van der Waals surface area contributed by atoms with Crippen LogP contribution in [0.1, 0.15) is 11.1 Å². The van der Waals surface area contributed by atoms with Crippen LogP contribution in [0.2, 0.25) is 0 Å². The first-order chi connectivity index (χ1) is 11.3. The molecule has 23 heavy (non-hydrogen) atoms. The first kappa shape index (κ1) is 14.1. The third-order valence-electron chi connectivity index (χ3n) is 4.51. The number of hydrogen-bond acceptors (Lipinski definition) is 2. The lowest BCUT2D eigenvalue weighted by Crippen LogP contribution is -1.98. The summed E-state index contributed by atoms with van der Waals surface area (Å²) in [4.78, 5) is 0. The quantitative estimate of drug-likeness (QED) is 0.429. The number of hydrogen-bond donors (Lipinski definition) is 2. The number of fused-ring (bicyclic) bond motifs is 4. The van der Waals surface area contributed by atoms with Crippen molar-refractivity contribution in [2.75, 3.05) is 0 Å². The summed E-state index contributed by atoms with van der Waals surface area (Å²) in [6.45, 7) is -0.321. The van der Waals surface area contributed by atoms with E-state index in [1.54, 1.807) is 12.1 Å². The van der Waals surface area contributed by atoms with E-state index in [4.69, 9.17) is 0 Å². The monoisotopic (exact) mass is 306 g/mol. The van der Waals surface area contributed by atoms with Crippen molar-refractivity contribution in [2.24, 2.45) is 0 Å². The normalized spacial score (nSPS) is 11.6. The largest absolute Gasteiger partial charge is 0.392 e. The molecule has 0 aliphatic carbocycles. The van der Waals surface area contributed by atoms with Crippen molar-refractivity contribution < 1.29 is 14.6 Å². The highest BCUT2D eigenvalue weighted by atomic mass is 19.1. The number of benzene rings is 4. The molecule has 0 aliphatic heterocycles. The van der Waals surface area contributed by atoms with E-state index in [9.17, 15) is 14.6 Å². The maximum Gasteiger partial charge on any atom is 0.131 e. The van der Waals surface area contributed by atoms with Crippen LogP contribution in [0.25, 0.3) is 32.3 Å². The summed E-state index contributed by atoms with van der Waals surface area (Å²) in [6.07, 6.45) is 0. The highest BCUT2D eigenvalue weighted by Crippen LogP contribution is 2.38. The molecule has 0 bridgehead atoms. The molecule has 0 aliphatic rings. The maximum absolute atomic E-state index is 14.5. The Kier molecular flexibility index (Phi) is 3.26. The van der Waals surface area contributed by atoms with E-state index < -0.39 is 0 Å². The molecular formula is C20H15FO2. The molecule has 0 saturated heterocycles. The second kappa shape index (κ2) is 5.30. The Hall–Kier alpha value is -2.49. The molecule has 2 N–H and O–H groups in total. The molecule has 4 aromatic rings. The number of halogens is 1. The predicted octanol–water partition coefficient (Wildman–Crippen LogP) is 4.27. The topological polar surface area (TPSA) is 40.5 Å². The van der Waals surface area contributed by atoms with Gasteiger partial charge in [0.2, 0.25) is 0 Å². The van der Waals surface area contributed by atoms with Gasteiger partial charge < -0.3 is 10.2 Å². The fourth-order valence-electron chi connectivity index (χ4n) is 3.52. The van der Waals surface area contributed by atoms with Crippen LogP contribution in [0.5, 0.6) is 0 Å². The van der Waals surface area contributed by atoms with Gasteiger partial charge in [0.1, 0.15) is 5.82 Å². The first-order valence-electron chi connectivity index (χ1n) is 7.51. The SMILES string of the molecule is OCc1c2ccccc2c(CO)c2c1cc(F)c1ccccc12. The van der Waals surface area contributed by atoms with Gasteiger partial charge in [-0.15, -0.1) is 0 Å². The molecular weight excluding hydrogens is 291 g/mol. The Morgan fingerprint density at radius 3 is 1.78 bits per heavy atom. The third kappa shape index (κ3) is 1.94. The lowest BCUT2D eigenvalue weighted by atomic mass is 9.89. The summed E-state index contributed by atoms with van der Waals surface area (Å²) in [5.74, 6) is -0.318. The summed E-state index contributed by atoms with van der Waals surface area (Å²) in [5.41, 5.74) is 1.46. The zero-order valence-corrected chi connectivity index (χ0v) is 12.4. The summed E-state index contributed by atoms with van der Waals surface area (Å²) < 4.78 is 14.5. The second-order valence-electron chi connectivity index (χ2n) is 5.65. The van der Waals surface area contributed by atoms with Crippen molar-refractivity contribution in [3.8, 4) is 0 Å². The molecule has 3 heteroatoms. The summed E-state index contributed by atoms with van der Waals surface area (Å²) in [5, 5.41) is 24.3. The molecule has 0 fully saturated rings. The van der Waals surface area contributed by atoms with E-state index in [0.29, 0.717) is 16.3 Å². The lowest BCUT2D eigenvalue weighted by molar-refractivity contribution is 0.282. The molecule has 0 atom stereocenters. The standard InChI is InChI=1S/C20H15FO2/c21-19-9-16-17(10-22)12-5-1-2-6-13(12)18(11-23)20(16)15-8-4-3-7-14(15)19/h1-9,22-23H,10-11H2. The van der Waals surface area contributed by atoms with Crippen LogP contribution in [0, 0.1) is 5.82 Å². The minimum atomic E-state index is -0.318. The van der Waals surface area contributed by atoms with Crippen LogP contribution in [0.15, 0.2) is 54.6 Å². The minimum absolute atomic E-state index is 0.141. The van der Waals surface area contributed by atoms with Gasteiger partial charge in [0.25, 0.3) is 0 Å². The van der Waals surface area contributed by atoms with E-state index in [1.165, 1.54) is 6.07 Å². The lowest BCUT2D eigenvalue weighted by Gasteiger charge is -2.16. The Labute approximate surface area is 132 Å². The molecule has 0 radical (unpaired) electrons. The Balaban J connectivity index is 2.39. The van der Waals surface area contributed by atoms with Crippen LogP contribution < -0.4 is 0 Å². The van der Waals surface area contributed by atoms with Crippen molar-refractivity contribution in [3.63, 3.8) is 0 Å². The van der Waals surface area contributed by atoms with Crippen LogP contribution in [0.3, 0.4) is 0 Å². The average Bonchev–Trinajstić information content (AvgIpc) is 2.60. The van der Waals surface area contributed by atoms with Gasteiger partial charge in [-0.25, -0.2) is 4.39 Å². The van der Waals surface area contributed by atoms with E-state index in [2.05, 4.69) is 0 Å². The van der Waals surface area contributed by atoms with Gasteiger partial charge >= 0.3 is 0 Å².